The van der Waals surface area contributed by atoms with Gasteiger partial charge >= 0.3 is 0 Å². The zero-order valence-electron chi connectivity index (χ0n) is 18.0. The van der Waals surface area contributed by atoms with Crippen LogP contribution in [0, 0.1) is 11.8 Å². The lowest BCUT2D eigenvalue weighted by molar-refractivity contribution is 0.0769. The molecule has 0 saturated carbocycles. The second kappa shape index (κ2) is 8.36. The van der Waals surface area contributed by atoms with E-state index in [1.165, 1.54) is 5.56 Å². The Morgan fingerprint density at radius 3 is 2.55 bits per heavy atom. The van der Waals surface area contributed by atoms with Crippen LogP contribution >= 0.6 is 0 Å². The quantitative estimate of drug-likeness (QED) is 0.644. The SMILES string of the molecule is COc1ccc2[nH]c(C(=O)N3CC4CN(CC[C@H](N)c5ccccc5)CC4C3)cc2c1. The number of H-pyrrole nitrogens is 1. The van der Waals surface area contributed by atoms with E-state index in [-0.39, 0.29) is 11.9 Å². The van der Waals surface area contributed by atoms with Crippen LogP contribution in [-0.2, 0) is 0 Å². The molecular formula is C25H30N4O2. The van der Waals surface area contributed by atoms with Crippen LogP contribution in [0.5, 0.6) is 5.75 Å². The van der Waals surface area contributed by atoms with Crippen molar-refractivity contribution in [2.75, 3.05) is 39.8 Å². The first kappa shape index (κ1) is 20.1. The number of benzene rings is 2. The van der Waals surface area contributed by atoms with Crippen LogP contribution in [-0.4, -0.2) is 60.5 Å². The zero-order valence-corrected chi connectivity index (χ0v) is 18.0. The highest BCUT2D eigenvalue weighted by molar-refractivity contribution is 5.98. The van der Waals surface area contributed by atoms with Gasteiger partial charge in [0, 0.05) is 43.1 Å². The number of ether oxygens (including phenoxy) is 1. The lowest BCUT2D eigenvalue weighted by atomic mass is 10.0. The number of nitrogens with two attached hydrogens (primary N) is 1. The van der Waals surface area contributed by atoms with Gasteiger partial charge in [0.15, 0.2) is 0 Å². The monoisotopic (exact) mass is 418 g/mol. The number of aromatic amines is 1. The molecule has 2 unspecified atom stereocenters. The van der Waals surface area contributed by atoms with E-state index in [0.29, 0.717) is 17.5 Å². The van der Waals surface area contributed by atoms with Crippen molar-refractivity contribution >= 4 is 16.8 Å². The van der Waals surface area contributed by atoms with Crippen LogP contribution < -0.4 is 10.5 Å². The van der Waals surface area contributed by atoms with Crippen LogP contribution in [0.15, 0.2) is 54.6 Å². The summed E-state index contributed by atoms with van der Waals surface area (Å²) in [6.07, 6.45) is 0.963. The molecule has 0 spiro atoms. The summed E-state index contributed by atoms with van der Waals surface area (Å²) in [6.45, 7) is 4.80. The second-order valence-electron chi connectivity index (χ2n) is 8.93. The van der Waals surface area contributed by atoms with E-state index in [1.807, 2.05) is 47.4 Å². The van der Waals surface area contributed by atoms with E-state index in [9.17, 15) is 4.79 Å². The topological polar surface area (TPSA) is 74.6 Å². The largest absolute Gasteiger partial charge is 0.497 e. The summed E-state index contributed by atoms with van der Waals surface area (Å²) in [4.78, 5) is 20.9. The van der Waals surface area contributed by atoms with E-state index >= 15 is 0 Å². The van der Waals surface area contributed by atoms with Gasteiger partial charge in [0.2, 0.25) is 0 Å². The van der Waals surface area contributed by atoms with Crippen molar-refractivity contribution in [3.8, 4) is 5.75 Å². The van der Waals surface area contributed by atoms with Crippen molar-refractivity contribution < 1.29 is 9.53 Å². The van der Waals surface area contributed by atoms with Crippen LogP contribution in [0.2, 0.25) is 0 Å². The highest BCUT2D eigenvalue weighted by atomic mass is 16.5. The number of aromatic nitrogens is 1. The number of fused-ring (bicyclic) bond motifs is 2. The summed E-state index contributed by atoms with van der Waals surface area (Å²) >= 11 is 0. The molecule has 2 aromatic carbocycles. The van der Waals surface area contributed by atoms with E-state index in [4.69, 9.17) is 10.5 Å². The average molecular weight is 419 g/mol. The Bertz CT molecular complexity index is 1050. The molecule has 5 rings (SSSR count). The number of nitrogens with zero attached hydrogens (tertiary/aromatic N) is 2. The number of hydrogen-bond donors (Lipinski definition) is 2. The molecule has 162 valence electrons. The maximum Gasteiger partial charge on any atom is 0.270 e. The summed E-state index contributed by atoms with van der Waals surface area (Å²) < 4.78 is 5.29. The van der Waals surface area contributed by atoms with Gasteiger partial charge < -0.3 is 25.3 Å². The maximum atomic E-state index is 13.1. The molecule has 0 bridgehead atoms. The fourth-order valence-corrected chi connectivity index (χ4v) is 5.15. The second-order valence-corrected chi connectivity index (χ2v) is 8.93. The molecule has 6 heteroatoms. The van der Waals surface area contributed by atoms with E-state index in [1.54, 1.807) is 7.11 Å². The van der Waals surface area contributed by atoms with Crippen molar-refractivity contribution in [1.82, 2.24) is 14.8 Å². The van der Waals surface area contributed by atoms with Crippen molar-refractivity contribution in [3.63, 3.8) is 0 Å². The molecule has 0 aliphatic carbocycles. The predicted molar refractivity (Wildman–Crippen MR) is 122 cm³/mol. The molecule has 1 amide bonds. The Kier molecular flexibility index (Phi) is 5.42. The van der Waals surface area contributed by atoms with Crippen LogP contribution in [0.4, 0.5) is 0 Å². The van der Waals surface area contributed by atoms with Gasteiger partial charge in [-0.2, -0.15) is 0 Å². The zero-order chi connectivity index (χ0) is 21.4. The fourth-order valence-electron chi connectivity index (χ4n) is 5.15. The fraction of sp³-hybridized carbons (Fsp3) is 0.400. The number of nitrogens with one attached hydrogen (secondary N) is 1. The van der Waals surface area contributed by atoms with Gasteiger partial charge in [-0.3, -0.25) is 4.79 Å². The van der Waals surface area contributed by atoms with Crippen LogP contribution in [0.25, 0.3) is 10.9 Å². The standard InChI is InChI=1S/C25H30N4O2/c1-31-21-7-8-23-18(11-21)12-24(27-23)25(30)29-15-19-13-28(14-20(19)16-29)10-9-22(26)17-5-3-2-4-6-17/h2-8,11-12,19-20,22,27H,9-10,13-16,26H2,1H3/t19?,20?,22-/m0/s1. The molecule has 6 nitrogen and oxygen atoms in total. The highest BCUT2D eigenvalue weighted by Crippen LogP contribution is 2.33. The summed E-state index contributed by atoms with van der Waals surface area (Å²) in [5.41, 5.74) is 9.20. The number of carbonyl (C=O) groups is 1. The van der Waals surface area contributed by atoms with Crippen molar-refractivity contribution in [2.24, 2.45) is 17.6 Å². The first-order valence-electron chi connectivity index (χ1n) is 11.1. The van der Waals surface area contributed by atoms with Gasteiger partial charge in [0.05, 0.1) is 7.11 Å². The Hall–Kier alpha value is -2.83. The van der Waals surface area contributed by atoms with E-state index in [0.717, 1.165) is 55.8 Å². The number of carbonyl (C=O) groups excluding carboxylic acids is 1. The molecule has 3 atom stereocenters. The third-order valence-electron chi connectivity index (χ3n) is 6.89. The summed E-state index contributed by atoms with van der Waals surface area (Å²) in [5, 5.41) is 1.00. The van der Waals surface area contributed by atoms with E-state index in [2.05, 4.69) is 22.0 Å². The first-order valence-corrected chi connectivity index (χ1v) is 11.1. The molecule has 2 fully saturated rings. The first-order chi connectivity index (χ1) is 15.1. The number of amides is 1. The summed E-state index contributed by atoms with van der Waals surface area (Å²) in [5.74, 6) is 2.01. The highest BCUT2D eigenvalue weighted by Gasteiger charge is 2.41. The molecule has 31 heavy (non-hydrogen) atoms. The summed E-state index contributed by atoms with van der Waals surface area (Å²) in [6, 6.07) is 18.2. The molecule has 2 saturated heterocycles. The van der Waals surface area contributed by atoms with Gasteiger partial charge in [-0.05, 0) is 54.6 Å². The van der Waals surface area contributed by atoms with Crippen molar-refractivity contribution in [3.05, 3.63) is 65.9 Å². The maximum absolute atomic E-state index is 13.1. The lowest BCUT2D eigenvalue weighted by Gasteiger charge is -2.22. The molecule has 3 N–H and O–H groups in total. The minimum Gasteiger partial charge on any atom is -0.497 e. The van der Waals surface area contributed by atoms with Gasteiger partial charge in [0.1, 0.15) is 11.4 Å². The average Bonchev–Trinajstić information content (AvgIpc) is 3.49. The van der Waals surface area contributed by atoms with Crippen molar-refractivity contribution in [1.29, 1.82) is 0 Å². The molecule has 1 aromatic heterocycles. The Morgan fingerprint density at radius 2 is 1.84 bits per heavy atom. The molecular weight excluding hydrogens is 388 g/mol. The van der Waals surface area contributed by atoms with Gasteiger partial charge in [-0.15, -0.1) is 0 Å². The molecule has 3 heterocycles. The Morgan fingerprint density at radius 1 is 1.10 bits per heavy atom. The van der Waals surface area contributed by atoms with Crippen LogP contribution in [0.3, 0.4) is 0 Å². The number of methoxy groups -OCH3 is 1. The third kappa shape index (κ3) is 4.05. The minimum atomic E-state index is 0.0837. The minimum absolute atomic E-state index is 0.0837. The van der Waals surface area contributed by atoms with Gasteiger partial charge in [-0.1, -0.05) is 30.3 Å². The number of hydrogen-bond acceptors (Lipinski definition) is 4. The van der Waals surface area contributed by atoms with Gasteiger partial charge in [-0.25, -0.2) is 0 Å². The number of likely N-dealkylation sites (tertiary alicyclic amines) is 2. The van der Waals surface area contributed by atoms with Crippen molar-refractivity contribution in [2.45, 2.75) is 12.5 Å². The lowest BCUT2D eigenvalue weighted by Crippen LogP contribution is -2.34. The molecule has 0 radical (unpaired) electrons. The molecule has 2 aliphatic rings. The van der Waals surface area contributed by atoms with Crippen LogP contribution in [0.1, 0.15) is 28.5 Å². The Balaban J connectivity index is 1.16. The molecule has 3 aromatic rings. The number of rotatable bonds is 6. The van der Waals surface area contributed by atoms with E-state index < -0.39 is 0 Å². The molecule has 2 aliphatic heterocycles. The predicted octanol–water partition coefficient (Wildman–Crippen LogP) is 3.27. The normalized spacial score (nSPS) is 22.1. The summed E-state index contributed by atoms with van der Waals surface area (Å²) in [7, 11) is 1.65. The Labute approximate surface area is 183 Å². The van der Waals surface area contributed by atoms with Gasteiger partial charge in [0.25, 0.3) is 5.91 Å². The smallest absolute Gasteiger partial charge is 0.270 e. The third-order valence-corrected chi connectivity index (χ3v) is 6.89.